The predicted octanol–water partition coefficient (Wildman–Crippen LogP) is 2.72. The van der Waals surface area contributed by atoms with Crippen molar-refractivity contribution in [3.63, 3.8) is 0 Å². The highest BCUT2D eigenvalue weighted by Gasteiger charge is 2.31. The molecule has 2 aliphatic heterocycles. The highest BCUT2D eigenvalue weighted by molar-refractivity contribution is 7.09. The van der Waals surface area contributed by atoms with Crippen molar-refractivity contribution in [2.24, 2.45) is 5.92 Å². The minimum atomic E-state index is -0.181. The van der Waals surface area contributed by atoms with E-state index in [1.54, 1.807) is 0 Å². The zero-order valence-electron chi connectivity index (χ0n) is 16.9. The van der Waals surface area contributed by atoms with Crippen LogP contribution in [0.1, 0.15) is 19.8 Å². The molecule has 0 atom stereocenters. The van der Waals surface area contributed by atoms with Crippen molar-refractivity contribution in [2.75, 3.05) is 54.4 Å². The number of carbonyl (C=O) groups excluding carboxylic acids is 2. The molecule has 1 aromatic carbocycles. The Morgan fingerprint density at radius 2 is 1.70 bits per heavy atom. The van der Waals surface area contributed by atoms with Gasteiger partial charge in [-0.2, -0.15) is 9.36 Å². The smallest absolute Gasteiger partial charge is 0.243 e. The quantitative estimate of drug-likeness (QED) is 0.774. The van der Waals surface area contributed by atoms with Crippen LogP contribution in [0.15, 0.2) is 24.3 Å². The SMILES string of the molecule is CC(=O)Nc1nsc(N2CCC(C(=O)N3CCN(c4ccc(Cl)cc4)CC3)CC2)n1. The van der Waals surface area contributed by atoms with Gasteiger partial charge in [-0.1, -0.05) is 11.6 Å². The van der Waals surface area contributed by atoms with E-state index in [1.807, 2.05) is 29.2 Å². The molecule has 2 aliphatic rings. The average Bonchev–Trinajstić information content (AvgIpc) is 3.22. The summed E-state index contributed by atoms with van der Waals surface area (Å²) in [6.07, 6.45) is 1.62. The van der Waals surface area contributed by atoms with Gasteiger partial charge in [0.15, 0.2) is 0 Å². The van der Waals surface area contributed by atoms with Gasteiger partial charge in [0.1, 0.15) is 0 Å². The van der Waals surface area contributed by atoms with Gasteiger partial charge in [-0.25, -0.2) is 0 Å². The zero-order chi connectivity index (χ0) is 21.1. The number of amides is 2. The average molecular weight is 449 g/mol. The van der Waals surface area contributed by atoms with E-state index in [0.29, 0.717) is 5.95 Å². The first-order valence-corrected chi connectivity index (χ1v) is 11.3. The molecule has 0 unspecified atom stereocenters. The van der Waals surface area contributed by atoms with Crippen LogP contribution in [-0.4, -0.2) is 65.3 Å². The van der Waals surface area contributed by atoms with E-state index in [2.05, 4.69) is 24.5 Å². The second-order valence-electron chi connectivity index (χ2n) is 7.63. The molecule has 8 nitrogen and oxygen atoms in total. The van der Waals surface area contributed by atoms with Crippen LogP contribution in [0.3, 0.4) is 0 Å². The fraction of sp³-hybridized carbons (Fsp3) is 0.500. The largest absolute Gasteiger partial charge is 0.368 e. The van der Waals surface area contributed by atoms with Crippen molar-refractivity contribution >= 4 is 51.7 Å². The maximum atomic E-state index is 13.0. The third-order valence-corrected chi connectivity index (χ3v) is 6.63. The van der Waals surface area contributed by atoms with Crippen LogP contribution in [0.2, 0.25) is 5.02 Å². The van der Waals surface area contributed by atoms with Crippen molar-refractivity contribution in [1.29, 1.82) is 0 Å². The van der Waals surface area contributed by atoms with Crippen LogP contribution in [-0.2, 0) is 9.59 Å². The van der Waals surface area contributed by atoms with Gasteiger partial charge in [0.05, 0.1) is 0 Å². The molecule has 1 N–H and O–H groups in total. The molecule has 160 valence electrons. The first kappa shape index (κ1) is 20.9. The number of halogens is 1. The van der Waals surface area contributed by atoms with E-state index >= 15 is 0 Å². The molecule has 10 heteroatoms. The van der Waals surface area contributed by atoms with E-state index in [-0.39, 0.29) is 17.7 Å². The number of piperidine rings is 1. The molecule has 2 aromatic rings. The Bertz CT molecular complexity index is 889. The van der Waals surface area contributed by atoms with Crippen LogP contribution in [0, 0.1) is 5.92 Å². The molecule has 3 heterocycles. The zero-order valence-corrected chi connectivity index (χ0v) is 18.5. The molecular weight excluding hydrogens is 424 g/mol. The lowest BCUT2D eigenvalue weighted by atomic mass is 9.95. The highest BCUT2D eigenvalue weighted by atomic mass is 35.5. The molecule has 0 saturated carbocycles. The fourth-order valence-electron chi connectivity index (χ4n) is 3.97. The molecule has 1 aromatic heterocycles. The molecule has 0 bridgehead atoms. The maximum absolute atomic E-state index is 13.0. The molecule has 2 fully saturated rings. The summed E-state index contributed by atoms with van der Waals surface area (Å²) < 4.78 is 4.17. The molecule has 0 spiro atoms. The minimum absolute atomic E-state index is 0.0612. The van der Waals surface area contributed by atoms with Crippen molar-refractivity contribution in [3.8, 4) is 0 Å². The Labute approximate surface area is 185 Å². The standard InChI is InChI=1S/C20H25ClN6O2S/c1-14(28)22-19-23-20(30-24-19)27-8-6-15(7-9-27)18(29)26-12-10-25(11-13-26)17-4-2-16(21)3-5-17/h2-5,15H,6-13H2,1H3,(H,22,24,28). The predicted molar refractivity (Wildman–Crippen MR) is 119 cm³/mol. The lowest BCUT2D eigenvalue weighted by Gasteiger charge is -2.39. The summed E-state index contributed by atoms with van der Waals surface area (Å²) in [6, 6.07) is 7.86. The number of carbonyl (C=O) groups is 2. The summed E-state index contributed by atoms with van der Waals surface area (Å²) in [4.78, 5) is 35.0. The third kappa shape index (κ3) is 4.84. The molecule has 4 rings (SSSR count). The van der Waals surface area contributed by atoms with Gasteiger partial charge in [0, 0.05) is 74.4 Å². The molecule has 0 radical (unpaired) electrons. The van der Waals surface area contributed by atoms with Crippen LogP contribution >= 0.6 is 23.1 Å². The Hall–Kier alpha value is -2.39. The lowest BCUT2D eigenvalue weighted by Crippen LogP contribution is -2.51. The first-order valence-electron chi connectivity index (χ1n) is 10.1. The summed E-state index contributed by atoms with van der Waals surface area (Å²) in [7, 11) is 0. The number of hydrogen-bond donors (Lipinski definition) is 1. The van der Waals surface area contributed by atoms with E-state index in [0.717, 1.165) is 68.0 Å². The first-order chi connectivity index (χ1) is 14.5. The monoisotopic (exact) mass is 448 g/mol. The number of piperazine rings is 1. The van der Waals surface area contributed by atoms with Crippen molar-refractivity contribution in [3.05, 3.63) is 29.3 Å². The van der Waals surface area contributed by atoms with Crippen molar-refractivity contribution < 1.29 is 9.59 Å². The van der Waals surface area contributed by atoms with Gasteiger partial charge in [-0.05, 0) is 37.1 Å². The number of benzene rings is 1. The van der Waals surface area contributed by atoms with E-state index in [4.69, 9.17) is 11.6 Å². The Kier molecular flexibility index (Phi) is 6.38. The number of nitrogens with zero attached hydrogens (tertiary/aromatic N) is 5. The van der Waals surface area contributed by atoms with Gasteiger partial charge >= 0.3 is 0 Å². The second kappa shape index (κ2) is 9.18. The third-order valence-electron chi connectivity index (χ3n) is 5.60. The highest BCUT2D eigenvalue weighted by Crippen LogP contribution is 2.27. The number of rotatable bonds is 4. The molecular formula is C20H25ClN6O2S. The Morgan fingerprint density at radius 1 is 1.03 bits per heavy atom. The van der Waals surface area contributed by atoms with Crippen molar-refractivity contribution in [2.45, 2.75) is 19.8 Å². The van der Waals surface area contributed by atoms with Crippen LogP contribution in [0.25, 0.3) is 0 Å². The van der Waals surface area contributed by atoms with Crippen LogP contribution < -0.4 is 15.1 Å². The van der Waals surface area contributed by atoms with E-state index in [1.165, 1.54) is 18.5 Å². The lowest BCUT2D eigenvalue weighted by molar-refractivity contribution is -0.136. The summed E-state index contributed by atoms with van der Waals surface area (Å²) in [5.41, 5.74) is 1.15. The van der Waals surface area contributed by atoms with Gasteiger partial charge < -0.3 is 14.7 Å². The summed E-state index contributed by atoms with van der Waals surface area (Å²) in [5, 5.41) is 4.13. The van der Waals surface area contributed by atoms with E-state index in [9.17, 15) is 9.59 Å². The number of hydrogen-bond acceptors (Lipinski definition) is 7. The second-order valence-corrected chi connectivity index (χ2v) is 8.80. The maximum Gasteiger partial charge on any atom is 0.243 e. The molecule has 0 aliphatic carbocycles. The summed E-state index contributed by atoms with van der Waals surface area (Å²) >= 11 is 7.25. The summed E-state index contributed by atoms with van der Waals surface area (Å²) in [5.74, 6) is 0.492. The normalized spacial score (nSPS) is 17.9. The number of nitrogens with one attached hydrogen (secondary N) is 1. The van der Waals surface area contributed by atoms with Gasteiger partial charge in [-0.15, -0.1) is 0 Å². The van der Waals surface area contributed by atoms with E-state index < -0.39 is 0 Å². The minimum Gasteiger partial charge on any atom is -0.368 e. The van der Waals surface area contributed by atoms with Crippen LogP contribution in [0.4, 0.5) is 16.8 Å². The Balaban J connectivity index is 1.26. The Morgan fingerprint density at radius 3 is 2.33 bits per heavy atom. The molecule has 2 saturated heterocycles. The van der Waals surface area contributed by atoms with Gasteiger partial charge in [0.2, 0.25) is 22.9 Å². The number of aromatic nitrogens is 2. The molecule has 30 heavy (non-hydrogen) atoms. The molecule has 2 amide bonds. The van der Waals surface area contributed by atoms with Crippen molar-refractivity contribution in [1.82, 2.24) is 14.3 Å². The fourth-order valence-corrected chi connectivity index (χ4v) is 4.77. The van der Waals surface area contributed by atoms with Gasteiger partial charge in [-0.3, -0.25) is 14.9 Å². The summed E-state index contributed by atoms with van der Waals surface area (Å²) in [6.45, 7) is 6.15. The number of anilines is 3. The topological polar surface area (TPSA) is 81.7 Å². The van der Waals surface area contributed by atoms with Crippen LogP contribution in [0.5, 0.6) is 0 Å². The van der Waals surface area contributed by atoms with Gasteiger partial charge in [0.25, 0.3) is 0 Å².